The topological polar surface area (TPSA) is 98.9 Å². The highest BCUT2D eigenvalue weighted by Gasteiger charge is 2.18. The summed E-state index contributed by atoms with van der Waals surface area (Å²) in [6.45, 7) is 5.09. The number of nitrogens with zero attached hydrogens (tertiary/aromatic N) is 1. The third kappa shape index (κ3) is 4.85. The Bertz CT molecular complexity index is 486. The van der Waals surface area contributed by atoms with Crippen molar-refractivity contribution in [3.63, 3.8) is 0 Å². The molecule has 0 aliphatic carbocycles. The molecule has 1 N–H and O–H groups in total. The molecule has 0 saturated carbocycles. The van der Waals surface area contributed by atoms with E-state index in [0.29, 0.717) is 19.1 Å². The van der Waals surface area contributed by atoms with Gasteiger partial charge in [0.1, 0.15) is 6.61 Å². The summed E-state index contributed by atoms with van der Waals surface area (Å²) in [4.78, 5) is 21.0. The van der Waals surface area contributed by atoms with E-state index >= 15 is 0 Å². The highest BCUT2D eigenvalue weighted by molar-refractivity contribution is 5.88. The Kier molecular flexibility index (Phi) is 5.92. The summed E-state index contributed by atoms with van der Waals surface area (Å²) in [5, 5.41) is 19.7. The lowest BCUT2D eigenvalue weighted by Crippen LogP contribution is -2.11. The van der Waals surface area contributed by atoms with Gasteiger partial charge in [-0.15, -0.1) is 0 Å². The van der Waals surface area contributed by atoms with Crippen LogP contribution in [0.1, 0.15) is 24.2 Å². The van der Waals surface area contributed by atoms with Gasteiger partial charge < -0.3 is 14.6 Å². The Hall–Kier alpha value is -2.15. The van der Waals surface area contributed by atoms with Crippen molar-refractivity contribution in [3.8, 4) is 5.75 Å². The van der Waals surface area contributed by atoms with E-state index in [1.807, 2.05) is 13.8 Å². The number of aromatic carboxylic acids is 1. The molecule has 0 heterocycles. The number of nitro benzene ring substituents is 1. The van der Waals surface area contributed by atoms with Crippen LogP contribution in [0.4, 0.5) is 5.69 Å². The Morgan fingerprint density at radius 2 is 2.10 bits per heavy atom. The highest BCUT2D eigenvalue weighted by Crippen LogP contribution is 2.27. The van der Waals surface area contributed by atoms with Gasteiger partial charge in [-0.05, 0) is 18.1 Å². The van der Waals surface area contributed by atoms with Crippen molar-refractivity contribution < 1.29 is 24.3 Å². The second-order valence-electron chi connectivity index (χ2n) is 4.56. The first-order valence-corrected chi connectivity index (χ1v) is 6.14. The first-order chi connectivity index (χ1) is 9.41. The van der Waals surface area contributed by atoms with Crippen molar-refractivity contribution in [2.24, 2.45) is 5.92 Å². The van der Waals surface area contributed by atoms with E-state index in [1.54, 1.807) is 0 Å². The number of benzene rings is 1. The molecule has 0 amide bonds. The Morgan fingerprint density at radius 1 is 1.40 bits per heavy atom. The first kappa shape index (κ1) is 15.9. The van der Waals surface area contributed by atoms with Crippen molar-refractivity contribution in [1.29, 1.82) is 0 Å². The molecule has 0 aliphatic heterocycles. The van der Waals surface area contributed by atoms with E-state index < -0.39 is 10.9 Å². The molecular formula is C13H17NO6. The van der Waals surface area contributed by atoms with Crippen molar-refractivity contribution >= 4 is 11.7 Å². The summed E-state index contributed by atoms with van der Waals surface area (Å²) < 4.78 is 10.5. The average molecular weight is 283 g/mol. The molecule has 0 bridgehead atoms. The smallest absolute Gasteiger partial charge is 0.335 e. The summed E-state index contributed by atoms with van der Waals surface area (Å²) >= 11 is 0. The molecule has 0 saturated heterocycles. The molecule has 110 valence electrons. The lowest BCUT2D eigenvalue weighted by molar-refractivity contribution is -0.385. The molecule has 1 aromatic carbocycles. The number of carbonyl (C=O) groups is 1. The molecule has 1 rings (SSSR count). The van der Waals surface area contributed by atoms with Gasteiger partial charge in [-0.3, -0.25) is 10.1 Å². The lowest BCUT2D eigenvalue weighted by Gasteiger charge is -2.09. The molecule has 0 spiro atoms. The molecular weight excluding hydrogens is 266 g/mol. The van der Waals surface area contributed by atoms with E-state index in [-0.39, 0.29) is 23.6 Å². The fraction of sp³-hybridized carbons (Fsp3) is 0.462. The van der Waals surface area contributed by atoms with Crippen LogP contribution < -0.4 is 4.74 Å². The van der Waals surface area contributed by atoms with Crippen LogP contribution in [0.3, 0.4) is 0 Å². The number of carboxylic acids is 1. The third-order valence-electron chi connectivity index (χ3n) is 2.34. The van der Waals surface area contributed by atoms with Crippen molar-refractivity contribution in [2.45, 2.75) is 13.8 Å². The zero-order chi connectivity index (χ0) is 15.1. The number of carboxylic acid groups (broad SMARTS) is 1. The van der Waals surface area contributed by atoms with Crippen LogP contribution in [0.25, 0.3) is 0 Å². The summed E-state index contributed by atoms with van der Waals surface area (Å²) in [6, 6.07) is 3.52. The van der Waals surface area contributed by atoms with Crippen LogP contribution in [-0.4, -0.2) is 35.8 Å². The third-order valence-corrected chi connectivity index (χ3v) is 2.34. The fourth-order valence-electron chi connectivity index (χ4n) is 1.44. The first-order valence-electron chi connectivity index (χ1n) is 6.14. The number of nitro groups is 1. The van der Waals surface area contributed by atoms with Gasteiger partial charge in [0.25, 0.3) is 0 Å². The number of rotatable bonds is 8. The largest absolute Gasteiger partial charge is 0.484 e. The van der Waals surface area contributed by atoms with E-state index in [2.05, 4.69) is 0 Å². The maximum absolute atomic E-state index is 10.9. The Labute approximate surface area is 116 Å². The molecule has 0 aromatic heterocycles. The summed E-state index contributed by atoms with van der Waals surface area (Å²) in [6.07, 6.45) is 0. The minimum Gasteiger partial charge on any atom is -0.484 e. The van der Waals surface area contributed by atoms with Gasteiger partial charge in [0.15, 0.2) is 5.75 Å². The molecule has 7 nitrogen and oxygen atoms in total. The van der Waals surface area contributed by atoms with Gasteiger partial charge in [0.05, 0.1) is 17.1 Å². The molecule has 0 atom stereocenters. The quantitative estimate of drug-likeness (QED) is 0.446. The second kappa shape index (κ2) is 7.44. The van der Waals surface area contributed by atoms with Gasteiger partial charge in [-0.25, -0.2) is 4.79 Å². The predicted molar refractivity (Wildman–Crippen MR) is 71.2 cm³/mol. The van der Waals surface area contributed by atoms with Crippen LogP contribution in [-0.2, 0) is 4.74 Å². The minimum absolute atomic E-state index is 0.0353. The molecule has 0 unspecified atom stereocenters. The Morgan fingerprint density at radius 3 is 2.65 bits per heavy atom. The van der Waals surface area contributed by atoms with Crippen LogP contribution >= 0.6 is 0 Å². The van der Waals surface area contributed by atoms with Crippen molar-refractivity contribution in [2.75, 3.05) is 19.8 Å². The van der Waals surface area contributed by atoms with Crippen LogP contribution in [0.15, 0.2) is 18.2 Å². The van der Waals surface area contributed by atoms with Crippen LogP contribution in [0.2, 0.25) is 0 Å². The van der Waals surface area contributed by atoms with Gasteiger partial charge in [-0.2, -0.15) is 0 Å². The Balaban J connectivity index is 2.65. The van der Waals surface area contributed by atoms with Crippen LogP contribution in [0, 0.1) is 16.0 Å². The lowest BCUT2D eigenvalue weighted by atomic mass is 10.2. The number of hydrogen-bond donors (Lipinski definition) is 1. The maximum Gasteiger partial charge on any atom is 0.335 e. The molecule has 0 fully saturated rings. The highest BCUT2D eigenvalue weighted by atomic mass is 16.6. The second-order valence-corrected chi connectivity index (χ2v) is 4.56. The van der Waals surface area contributed by atoms with E-state index in [1.165, 1.54) is 12.1 Å². The standard InChI is InChI=1S/C13H17NO6/c1-9(2)8-19-5-6-20-12-4-3-10(13(15)16)7-11(12)14(17)18/h3-4,7,9H,5-6,8H2,1-2H3,(H,15,16). The van der Waals surface area contributed by atoms with Gasteiger partial charge in [0, 0.05) is 12.7 Å². The number of hydrogen-bond acceptors (Lipinski definition) is 5. The molecule has 1 aromatic rings. The number of ether oxygens (including phenoxy) is 2. The monoisotopic (exact) mass is 283 g/mol. The van der Waals surface area contributed by atoms with Gasteiger partial charge in [0.2, 0.25) is 0 Å². The molecule has 0 aliphatic rings. The molecule has 0 radical (unpaired) electrons. The summed E-state index contributed by atoms with van der Waals surface area (Å²) in [7, 11) is 0. The minimum atomic E-state index is -1.22. The van der Waals surface area contributed by atoms with Gasteiger partial charge in [-0.1, -0.05) is 13.8 Å². The zero-order valence-corrected chi connectivity index (χ0v) is 11.4. The summed E-state index contributed by atoms with van der Waals surface area (Å²) in [5.41, 5.74) is -0.520. The van der Waals surface area contributed by atoms with E-state index in [4.69, 9.17) is 14.6 Å². The SMILES string of the molecule is CC(C)COCCOc1ccc(C(=O)O)cc1[N+](=O)[O-]. The van der Waals surface area contributed by atoms with Crippen molar-refractivity contribution in [1.82, 2.24) is 0 Å². The average Bonchev–Trinajstić information content (AvgIpc) is 2.37. The van der Waals surface area contributed by atoms with Gasteiger partial charge >= 0.3 is 11.7 Å². The zero-order valence-electron chi connectivity index (χ0n) is 11.4. The molecule has 20 heavy (non-hydrogen) atoms. The maximum atomic E-state index is 10.9. The summed E-state index contributed by atoms with van der Waals surface area (Å²) in [5.74, 6) is -0.785. The predicted octanol–water partition coefficient (Wildman–Crippen LogP) is 2.34. The van der Waals surface area contributed by atoms with Crippen LogP contribution in [0.5, 0.6) is 5.75 Å². The van der Waals surface area contributed by atoms with E-state index in [0.717, 1.165) is 6.07 Å². The van der Waals surface area contributed by atoms with E-state index in [9.17, 15) is 14.9 Å². The molecule has 7 heteroatoms. The normalized spacial score (nSPS) is 10.6. The fourth-order valence-corrected chi connectivity index (χ4v) is 1.44. The van der Waals surface area contributed by atoms with Crippen molar-refractivity contribution in [3.05, 3.63) is 33.9 Å².